The van der Waals surface area contributed by atoms with E-state index in [0.717, 1.165) is 10.9 Å². The Bertz CT molecular complexity index is 1120. The van der Waals surface area contributed by atoms with Crippen LogP contribution in [0.15, 0.2) is 66.7 Å². The molecule has 0 saturated heterocycles. The smallest absolute Gasteiger partial charge is 0.408 e. The van der Waals surface area contributed by atoms with Gasteiger partial charge in [0.1, 0.15) is 18.7 Å². The molecular formula is C24H25N3O6. The number of nitrogens with zero attached hydrogens (tertiary/aromatic N) is 1. The summed E-state index contributed by atoms with van der Waals surface area (Å²) < 4.78 is 5.08. The van der Waals surface area contributed by atoms with Gasteiger partial charge in [0, 0.05) is 17.5 Å². The van der Waals surface area contributed by atoms with Crippen LogP contribution in [0.4, 0.5) is 4.79 Å². The first-order valence-electron chi connectivity index (χ1n) is 10.4. The van der Waals surface area contributed by atoms with Crippen LogP contribution in [0.25, 0.3) is 10.9 Å². The van der Waals surface area contributed by atoms with Gasteiger partial charge in [-0.3, -0.25) is 9.78 Å². The Morgan fingerprint density at radius 2 is 1.67 bits per heavy atom. The molecule has 172 valence electrons. The monoisotopic (exact) mass is 451 g/mol. The number of fused-ring (bicyclic) bond motifs is 1. The second-order valence-electron chi connectivity index (χ2n) is 7.52. The Morgan fingerprint density at radius 3 is 2.36 bits per heavy atom. The average molecular weight is 451 g/mol. The Labute approximate surface area is 190 Å². The van der Waals surface area contributed by atoms with E-state index >= 15 is 0 Å². The third-order valence-corrected chi connectivity index (χ3v) is 4.93. The number of carbonyl (C=O) groups is 3. The first-order chi connectivity index (χ1) is 15.8. The Kier molecular flexibility index (Phi) is 7.93. The number of rotatable bonds is 9. The maximum atomic E-state index is 12.7. The number of carboxylic acids is 1. The van der Waals surface area contributed by atoms with Crippen molar-refractivity contribution in [3.8, 4) is 0 Å². The van der Waals surface area contributed by atoms with E-state index in [4.69, 9.17) is 4.74 Å². The van der Waals surface area contributed by atoms with Gasteiger partial charge in [0.05, 0.1) is 11.6 Å². The number of benzene rings is 2. The molecule has 0 bridgehead atoms. The van der Waals surface area contributed by atoms with Gasteiger partial charge in [0.25, 0.3) is 0 Å². The SMILES string of the molecule is C[C@@H](O)[C@H](NC(=O)OCc1ccccc1)C(=O)N[C@H](Cc1ccc2ccccc2n1)C(=O)O. The van der Waals surface area contributed by atoms with Gasteiger partial charge < -0.3 is 25.6 Å². The average Bonchev–Trinajstić information content (AvgIpc) is 2.81. The molecule has 3 aromatic rings. The van der Waals surface area contributed by atoms with Crippen molar-refractivity contribution in [2.24, 2.45) is 0 Å². The minimum absolute atomic E-state index is 0.0216. The van der Waals surface area contributed by atoms with Crippen molar-refractivity contribution in [3.05, 3.63) is 78.0 Å². The fraction of sp³-hybridized carbons (Fsp3) is 0.250. The van der Waals surface area contributed by atoms with Crippen LogP contribution in [0.1, 0.15) is 18.2 Å². The summed E-state index contributed by atoms with van der Waals surface area (Å²) in [5.41, 5.74) is 1.93. The maximum Gasteiger partial charge on any atom is 0.408 e. The van der Waals surface area contributed by atoms with Crippen molar-refractivity contribution in [2.75, 3.05) is 0 Å². The maximum absolute atomic E-state index is 12.7. The summed E-state index contributed by atoms with van der Waals surface area (Å²) >= 11 is 0. The highest BCUT2D eigenvalue weighted by molar-refractivity contribution is 5.89. The summed E-state index contributed by atoms with van der Waals surface area (Å²) in [4.78, 5) is 41.0. The molecule has 0 fully saturated rings. The number of carboxylic acid groups (broad SMARTS) is 1. The number of hydrogen-bond donors (Lipinski definition) is 4. The lowest BCUT2D eigenvalue weighted by Crippen LogP contribution is -2.56. The predicted molar refractivity (Wildman–Crippen MR) is 120 cm³/mol. The van der Waals surface area contributed by atoms with Crippen LogP contribution in [0.3, 0.4) is 0 Å². The van der Waals surface area contributed by atoms with Gasteiger partial charge in [-0.25, -0.2) is 9.59 Å². The van der Waals surface area contributed by atoms with Crippen molar-refractivity contribution >= 4 is 28.9 Å². The van der Waals surface area contributed by atoms with E-state index in [1.54, 1.807) is 30.3 Å². The van der Waals surface area contributed by atoms with Crippen LogP contribution < -0.4 is 10.6 Å². The fourth-order valence-electron chi connectivity index (χ4n) is 3.19. The standard InChI is InChI=1S/C24H25N3O6/c1-15(28)21(27-24(32)33-14-16-7-3-2-4-8-16)22(29)26-20(23(30)31)13-18-12-11-17-9-5-6-10-19(17)25-18/h2-12,15,20-21,28H,13-14H2,1H3,(H,26,29)(H,27,32)(H,30,31)/t15-,20-,21+/m1/s1. The molecule has 0 aliphatic rings. The summed E-state index contributed by atoms with van der Waals surface area (Å²) in [7, 11) is 0. The fourth-order valence-corrected chi connectivity index (χ4v) is 3.19. The van der Waals surface area contributed by atoms with Crippen LogP contribution in [-0.2, 0) is 27.4 Å². The van der Waals surface area contributed by atoms with Gasteiger partial charge >= 0.3 is 12.1 Å². The number of hydrogen-bond acceptors (Lipinski definition) is 6. The van der Waals surface area contributed by atoms with Gasteiger partial charge in [0.2, 0.25) is 5.91 Å². The zero-order valence-electron chi connectivity index (χ0n) is 18.0. The number of ether oxygens (including phenoxy) is 1. The molecule has 0 spiro atoms. The Morgan fingerprint density at radius 1 is 0.970 bits per heavy atom. The van der Waals surface area contributed by atoms with Crippen molar-refractivity contribution in [2.45, 2.75) is 38.1 Å². The molecule has 2 aromatic carbocycles. The summed E-state index contributed by atoms with van der Waals surface area (Å²) in [5, 5.41) is 25.1. The summed E-state index contributed by atoms with van der Waals surface area (Å²) in [5.74, 6) is -2.12. The second-order valence-corrected chi connectivity index (χ2v) is 7.52. The second kappa shape index (κ2) is 11.1. The first kappa shape index (κ1) is 23.7. The summed E-state index contributed by atoms with van der Waals surface area (Å²) in [6, 6.07) is 17.1. The molecule has 0 unspecified atom stereocenters. The summed E-state index contributed by atoms with van der Waals surface area (Å²) in [6.07, 6.45) is -2.28. The number of alkyl carbamates (subject to hydrolysis) is 1. The number of amides is 2. The predicted octanol–water partition coefficient (Wildman–Crippen LogP) is 2.02. The molecular weight excluding hydrogens is 426 g/mol. The molecule has 9 nitrogen and oxygen atoms in total. The molecule has 1 heterocycles. The van der Waals surface area contributed by atoms with Crippen molar-refractivity contribution in [1.82, 2.24) is 15.6 Å². The van der Waals surface area contributed by atoms with E-state index < -0.39 is 36.2 Å². The number of aliphatic carboxylic acids is 1. The molecule has 0 aliphatic carbocycles. The number of carbonyl (C=O) groups excluding carboxylic acids is 2. The van der Waals surface area contributed by atoms with Crippen molar-refractivity contribution in [3.63, 3.8) is 0 Å². The third kappa shape index (κ3) is 6.75. The minimum Gasteiger partial charge on any atom is -0.480 e. The highest BCUT2D eigenvalue weighted by Crippen LogP contribution is 2.13. The van der Waals surface area contributed by atoms with Gasteiger partial charge in [-0.15, -0.1) is 0 Å². The largest absolute Gasteiger partial charge is 0.480 e. The lowest BCUT2D eigenvalue weighted by atomic mass is 10.1. The van der Waals surface area contributed by atoms with Crippen LogP contribution in [-0.4, -0.2) is 51.4 Å². The molecule has 33 heavy (non-hydrogen) atoms. The van der Waals surface area contributed by atoms with E-state index in [9.17, 15) is 24.6 Å². The minimum atomic E-state index is -1.40. The Hall–Kier alpha value is -3.98. The molecule has 0 saturated carbocycles. The van der Waals surface area contributed by atoms with Gasteiger partial charge in [-0.1, -0.05) is 54.6 Å². The molecule has 1 aromatic heterocycles. The van der Waals surface area contributed by atoms with Crippen LogP contribution in [0.2, 0.25) is 0 Å². The molecule has 2 amide bonds. The van der Waals surface area contributed by atoms with Gasteiger partial charge in [0.15, 0.2) is 0 Å². The number of para-hydroxylation sites is 1. The molecule has 9 heteroatoms. The molecule has 4 N–H and O–H groups in total. The van der Waals surface area contributed by atoms with Crippen LogP contribution >= 0.6 is 0 Å². The number of nitrogens with one attached hydrogen (secondary N) is 2. The van der Waals surface area contributed by atoms with Gasteiger partial charge in [-0.2, -0.15) is 0 Å². The van der Waals surface area contributed by atoms with E-state index in [-0.39, 0.29) is 13.0 Å². The first-order valence-corrected chi connectivity index (χ1v) is 10.4. The van der Waals surface area contributed by atoms with E-state index in [1.807, 2.05) is 36.4 Å². The van der Waals surface area contributed by atoms with E-state index in [1.165, 1.54) is 6.92 Å². The van der Waals surface area contributed by atoms with Crippen molar-refractivity contribution < 1.29 is 29.3 Å². The normalized spacial score (nSPS) is 13.5. The number of aromatic nitrogens is 1. The molecule has 3 atom stereocenters. The Balaban J connectivity index is 1.63. The van der Waals surface area contributed by atoms with Crippen LogP contribution in [0, 0.1) is 0 Å². The van der Waals surface area contributed by atoms with Gasteiger partial charge in [-0.05, 0) is 24.6 Å². The zero-order valence-corrected chi connectivity index (χ0v) is 18.0. The zero-order chi connectivity index (χ0) is 23.8. The number of aliphatic hydroxyl groups excluding tert-OH is 1. The van der Waals surface area contributed by atoms with Crippen LogP contribution in [0.5, 0.6) is 0 Å². The highest BCUT2D eigenvalue weighted by Gasteiger charge is 2.30. The number of aliphatic hydroxyl groups is 1. The molecule has 0 aliphatic heterocycles. The molecule has 0 radical (unpaired) electrons. The summed E-state index contributed by atoms with van der Waals surface area (Å²) in [6.45, 7) is 1.29. The quantitative estimate of drug-likeness (QED) is 0.390. The third-order valence-electron chi connectivity index (χ3n) is 4.93. The lowest BCUT2D eigenvalue weighted by Gasteiger charge is -2.23. The topological polar surface area (TPSA) is 138 Å². The lowest BCUT2D eigenvalue weighted by molar-refractivity contribution is -0.142. The highest BCUT2D eigenvalue weighted by atomic mass is 16.5. The van der Waals surface area contributed by atoms with E-state index in [0.29, 0.717) is 11.2 Å². The molecule has 3 rings (SSSR count). The van der Waals surface area contributed by atoms with Crippen molar-refractivity contribution in [1.29, 1.82) is 0 Å². The number of pyridine rings is 1. The van der Waals surface area contributed by atoms with E-state index in [2.05, 4.69) is 15.6 Å².